The van der Waals surface area contributed by atoms with Crippen LogP contribution in [0.15, 0.2) is 30.3 Å². The Balaban J connectivity index is -0.0000000716. The summed E-state index contributed by atoms with van der Waals surface area (Å²) in [5, 5.41) is 0. The van der Waals surface area contributed by atoms with Gasteiger partial charge in [0.2, 0.25) is 0 Å². The van der Waals surface area contributed by atoms with Gasteiger partial charge in [-0.3, -0.25) is 0 Å². The van der Waals surface area contributed by atoms with Crippen molar-refractivity contribution in [3.8, 4) is 0 Å². The molecule has 1 aromatic carbocycles. The minimum atomic E-state index is 0. The Hall–Kier alpha value is 0.754. The second-order valence-corrected chi connectivity index (χ2v) is 5.82. The molecule has 1 aromatic rings. The van der Waals surface area contributed by atoms with E-state index < -0.39 is 0 Å². The summed E-state index contributed by atoms with van der Waals surface area (Å²) >= 11 is 0. The number of rotatable bonds is 3. The zero-order valence-corrected chi connectivity index (χ0v) is 14.5. The third-order valence-corrected chi connectivity index (χ3v) is 4.58. The Labute approximate surface area is 124 Å². The van der Waals surface area contributed by atoms with Gasteiger partial charge in [-0.25, -0.2) is 12.1 Å². The molecule has 0 aliphatic heterocycles. The Morgan fingerprint density at radius 2 is 1.25 bits per heavy atom. The average molecular weight is 352 g/mol. The number of hydrogen-bond donors (Lipinski definition) is 0. The van der Waals surface area contributed by atoms with Gasteiger partial charge in [0.15, 0.2) is 0 Å². The van der Waals surface area contributed by atoms with Gasteiger partial charge < -0.3 is 6.92 Å². The van der Waals surface area contributed by atoms with Gasteiger partial charge in [-0.15, -0.1) is 24.9 Å². The Kier molecular flexibility index (Phi) is 39.7. The molecular weight excluding hydrogens is 326 g/mol. The van der Waals surface area contributed by atoms with E-state index >= 15 is 0 Å². The third kappa shape index (κ3) is 20.2. The summed E-state index contributed by atoms with van der Waals surface area (Å²) in [7, 11) is 0.446. The molecule has 0 unspecified atom stereocenters. The maximum atomic E-state index is 3.25. The molecule has 3 heteroatoms. The third-order valence-electron chi connectivity index (χ3n) is 1.90. The number of halogens is 1. The van der Waals surface area contributed by atoms with Crippen molar-refractivity contribution in [3.05, 3.63) is 37.3 Å². The fourth-order valence-corrected chi connectivity index (χ4v) is 2.33. The minimum absolute atomic E-state index is 0. The van der Waals surface area contributed by atoms with Gasteiger partial charge in [0, 0.05) is 0 Å². The van der Waals surface area contributed by atoms with Crippen molar-refractivity contribution in [3.63, 3.8) is 0 Å². The normalized spacial score (nSPS) is 7.38. The summed E-state index contributed by atoms with van der Waals surface area (Å²) in [6, 6.07) is 10.0. The summed E-state index contributed by atoms with van der Waals surface area (Å²) in [6.45, 7) is 11.9. The summed E-state index contributed by atoms with van der Waals surface area (Å²) in [5.41, 5.74) is 0. The smallest absolute Gasteiger partial charge is 0.346 e. The van der Waals surface area contributed by atoms with Crippen molar-refractivity contribution in [1.82, 2.24) is 0 Å². The van der Waals surface area contributed by atoms with E-state index in [0.717, 1.165) is 0 Å². The van der Waals surface area contributed by atoms with Gasteiger partial charge in [-0.05, 0) is 18.5 Å². The van der Waals surface area contributed by atoms with E-state index in [0.29, 0.717) is 7.92 Å². The van der Waals surface area contributed by atoms with Crippen LogP contribution < -0.4 is 0 Å². The van der Waals surface area contributed by atoms with Crippen LogP contribution in [0.5, 0.6) is 0 Å². The van der Waals surface area contributed by atoms with Crippen LogP contribution in [0.3, 0.4) is 0 Å². The van der Waals surface area contributed by atoms with E-state index in [2.05, 4.69) is 27.7 Å². The van der Waals surface area contributed by atoms with Gasteiger partial charge in [0.05, 0.1) is 0 Å². The number of hydrogen-bond acceptors (Lipinski definition) is 0. The quantitative estimate of drug-likeness (QED) is 0.391. The van der Waals surface area contributed by atoms with Gasteiger partial charge >= 0.3 is 16.5 Å². The molecule has 0 atom stereocenters. The molecule has 1 rings (SSSR count). The van der Waals surface area contributed by atoms with Crippen molar-refractivity contribution in [2.75, 3.05) is 18.5 Å². The zero-order valence-electron chi connectivity index (χ0n) is 10.9. The van der Waals surface area contributed by atoms with Gasteiger partial charge in [-0.2, -0.15) is 25.1 Å². The largest absolute Gasteiger partial charge is 2.00 e. The zero-order chi connectivity index (χ0) is 11.2. The molecule has 0 spiro atoms. The molecule has 16 heavy (non-hydrogen) atoms. The molecule has 0 aromatic heterocycles. The van der Waals surface area contributed by atoms with Crippen LogP contribution >= 0.6 is 24.9 Å². The van der Waals surface area contributed by atoms with Crippen LogP contribution in [-0.2, 0) is 16.5 Å². The van der Waals surface area contributed by atoms with Crippen LogP contribution in [0.2, 0.25) is 0 Å². The first-order valence-electron chi connectivity index (χ1n) is 5.44. The maximum Gasteiger partial charge on any atom is 2.00 e. The molecular formula is C13H26BrNiP. The molecule has 0 aliphatic carbocycles. The van der Waals surface area contributed by atoms with E-state index in [1.165, 1.54) is 18.5 Å². The molecule has 0 fully saturated rings. The SMILES string of the molecule is Br.CCP(CC)CC.[CH2-]C.[Ni+2].c1cc[cH-]c1. The van der Waals surface area contributed by atoms with Crippen molar-refractivity contribution in [2.24, 2.45) is 0 Å². The van der Waals surface area contributed by atoms with Crippen LogP contribution in [0.4, 0.5) is 0 Å². The maximum absolute atomic E-state index is 3.25. The first-order valence-corrected chi connectivity index (χ1v) is 7.34. The van der Waals surface area contributed by atoms with E-state index in [9.17, 15) is 0 Å². The van der Waals surface area contributed by atoms with Crippen LogP contribution in [0.1, 0.15) is 27.7 Å². The fourth-order valence-electron chi connectivity index (χ4n) is 0.992. The second-order valence-electron chi connectivity index (χ2n) is 2.58. The Bertz CT molecular complexity index is 128. The predicted molar refractivity (Wildman–Crippen MR) is 81.9 cm³/mol. The van der Waals surface area contributed by atoms with E-state index in [-0.39, 0.29) is 33.5 Å². The molecule has 0 saturated carbocycles. The van der Waals surface area contributed by atoms with Crippen molar-refractivity contribution >= 4 is 24.9 Å². The molecule has 0 saturated heterocycles. The summed E-state index contributed by atoms with van der Waals surface area (Å²) in [5.74, 6) is 0. The topological polar surface area (TPSA) is 0 Å². The second kappa shape index (κ2) is 24.8. The summed E-state index contributed by atoms with van der Waals surface area (Å²) < 4.78 is 0. The summed E-state index contributed by atoms with van der Waals surface area (Å²) in [6.07, 6.45) is 4.26. The standard InChI is InChI=1S/C6H15P.C5H5.C2H5.BrH.Ni/c1-4-7(5-2)6-3;1-2-4-5-3-1;1-2;;/h4-6H2,1-3H3;1-5H;1H2,2H3;1H;/q;2*-1;;+2. The van der Waals surface area contributed by atoms with Crippen molar-refractivity contribution in [1.29, 1.82) is 0 Å². The first kappa shape index (κ1) is 25.6. The molecule has 0 N–H and O–H groups in total. The van der Waals surface area contributed by atoms with Gasteiger partial charge in [-0.1, -0.05) is 20.8 Å². The molecule has 0 heterocycles. The molecule has 0 nitrogen and oxygen atoms in total. The molecule has 0 bridgehead atoms. The Morgan fingerprint density at radius 3 is 1.31 bits per heavy atom. The monoisotopic (exact) mass is 350 g/mol. The van der Waals surface area contributed by atoms with Gasteiger partial charge in [0.1, 0.15) is 0 Å². The van der Waals surface area contributed by atoms with Crippen molar-refractivity contribution in [2.45, 2.75) is 27.7 Å². The summed E-state index contributed by atoms with van der Waals surface area (Å²) in [4.78, 5) is 0. The predicted octanol–water partition coefficient (Wildman–Crippen LogP) is 5.35. The van der Waals surface area contributed by atoms with Crippen LogP contribution in [-0.4, -0.2) is 18.5 Å². The Morgan fingerprint density at radius 1 is 0.938 bits per heavy atom. The van der Waals surface area contributed by atoms with E-state index in [1.54, 1.807) is 6.92 Å². The van der Waals surface area contributed by atoms with Crippen molar-refractivity contribution < 1.29 is 16.5 Å². The molecule has 0 radical (unpaired) electrons. The fraction of sp³-hybridized carbons (Fsp3) is 0.538. The molecule has 0 aliphatic rings. The van der Waals surface area contributed by atoms with Crippen LogP contribution in [0.25, 0.3) is 0 Å². The molecule has 100 valence electrons. The van der Waals surface area contributed by atoms with Gasteiger partial charge in [0.25, 0.3) is 0 Å². The first-order chi connectivity index (χ1) is 6.85. The van der Waals surface area contributed by atoms with E-state index in [1.807, 2.05) is 30.3 Å². The average Bonchev–Trinajstić information content (AvgIpc) is 2.82. The molecule has 0 amide bonds. The van der Waals surface area contributed by atoms with Crippen LogP contribution in [0, 0.1) is 6.92 Å². The van der Waals surface area contributed by atoms with E-state index in [4.69, 9.17) is 0 Å². The minimum Gasteiger partial charge on any atom is -0.346 e.